The Morgan fingerprint density at radius 3 is 2.60 bits per heavy atom. The number of benzene rings is 1. The highest BCUT2D eigenvalue weighted by molar-refractivity contribution is 5.92. The van der Waals surface area contributed by atoms with Crippen LogP contribution in [-0.2, 0) is 5.41 Å². The highest BCUT2D eigenvalue weighted by Gasteiger charge is 2.65. The average Bonchev–Trinajstić information content (AvgIpc) is 3.18. The zero-order valence-corrected chi connectivity index (χ0v) is 20.1. The van der Waals surface area contributed by atoms with E-state index in [4.69, 9.17) is 0 Å². The smallest absolute Gasteiger partial charge is 0.271 e. The third-order valence-corrected chi connectivity index (χ3v) is 7.59. The summed E-state index contributed by atoms with van der Waals surface area (Å²) in [5.74, 6) is -1.73. The highest BCUT2D eigenvalue weighted by atomic mass is 19.1. The normalized spacial score (nSPS) is 22.2. The van der Waals surface area contributed by atoms with Crippen LogP contribution < -0.4 is 5.32 Å². The van der Waals surface area contributed by atoms with Crippen molar-refractivity contribution in [3.05, 3.63) is 70.9 Å². The number of hydrogen-bond acceptors (Lipinski definition) is 6. The largest absolute Gasteiger partial charge is 0.389 e. The molecule has 2 heterocycles. The molecule has 1 aromatic carbocycles. The monoisotopic (exact) mass is 479 g/mol. The molecule has 2 atom stereocenters. The van der Waals surface area contributed by atoms with Crippen LogP contribution in [0, 0.1) is 17.0 Å². The molecule has 0 saturated heterocycles. The molecule has 2 aromatic heterocycles. The van der Waals surface area contributed by atoms with Crippen LogP contribution in [0.5, 0.6) is 0 Å². The fourth-order valence-electron chi connectivity index (χ4n) is 5.82. The van der Waals surface area contributed by atoms with Crippen LogP contribution in [0.4, 0.5) is 8.78 Å². The number of halogens is 2. The number of fused-ring (bicyclic) bond motifs is 5. The van der Waals surface area contributed by atoms with E-state index in [1.165, 1.54) is 24.4 Å². The molecular weight excluding hydrogens is 452 g/mol. The van der Waals surface area contributed by atoms with E-state index in [1.807, 2.05) is 0 Å². The van der Waals surface area contributed by atoms with Crippen molar-refractivity contribution in [1.29, 1.82) is 0 Å². The fourth-order valence-corrected chi connectivity index (χ4v) is 5.82. The predicted molar refractivity (Wildman–Crippen MR) is 125 cm³/mol. The topological polar surface area (TPSA) is 101 Å². The van der Waals surface area contributed by atoms with Crippen molar-refractivity contribution in [2.75, 3.05) is 6.54 Å². The quantitative estimate of drug-likeness (QED) is 0.575. The number of nitrogens with zero attached hydrogens (tertiary/aromatic N) is 4. The van der Waals surface area contributed by atoms with E-state index < -0.39 is 28.6 Å². The van der Waals surface area contributed by atoms with Crippen LogP contribution in [-0.4, -0.2) is 43.3 Å². The van der Waals surface area contributed by atoms with Gasteiger partial charge in [0.05, 0.1) is 39.9 Å². The SMILES string of the molecule is CC(C)(O)CNC(=O)c1cncc([C@@]23CC[C@@H](c4cc(-c5c(F)cccc5F)nnc42)C3(C)C)n1. The van der Waals surface area contributed by atoms with E-state index in [2.05, 4.69) is 39.3 Å². The lowest BCUT2D eigenvalue weighted by Gasteiger charge is -2.37. The molecule has 7 nitrogen and oxygen atoms in total. The number of carbonyl (C=O) groups excluding carboxylic acids is 1. The summed E-state index contributed by atoms with van der Waals surface area (Å²) >= 11 is 0. The van der Waals surface area contributed by atoms with Crippen LogP contribution in [0.25, 0.3) is 11.3 Å². The molecule has 0 unspecified atom stereocenters. The molecule has 0 spiro atoms. The number of aliphatic hydroxyl groups is 1. The van der Waals surface area contributed by atoms with E-state index >= 15 is 0 Å². The second-order valence-electron chi connectivity index (χ2n) is 10.6. The second kappa shape index (κ2) is 7.84. The molecule has 9 heteroatoms. The number of amides is 1. The molecule has 0 aliphatic heterocycles. The Balaban J connectivity index is 1.59. The molecule has 2 aliphatic rings. The van der Waals surface area contributed by atoms with Crippen molar-refractivity contribution in [3.8, 4) is 11.3 Å². The summed E-state index contributed by atoms with van der Waals surface area (Å²) in [5, 5.41) is 21.3. The van der Waals surface area contributed by atoms with Crippen molar-refractivity contribution in [2.45, 2.75) is 57.5 Å². The molecule has 2 N–H and O–H groups in total. The summed E-state index contributed by atoms with van der Waals surface area (Å²) in [6, 6.07) is 5.47. The summed E-state index contributed by atoms with van der Waals surface area (Å²) < 4.78 is 28.9. The number of aromatic nitrogens is 4. The molecule has 2 bridgehead atoms. The van der Waals surface area contributed by atoms with Crippen molar-refractivity contribution >= 4 is 5.91 Å². The molecule has 35 heavy (non-hydrogen) atoms. The lowest BCUT2D eigenvalue weighted by atomic mass is 9.66. The van der Waals surface area contributed by atoms with Gasteiger partial charge >= 0.3 is 0 Å². The van der Waals surface area contributed by atoms with Gasteiger partial charge in [0.1, 0.15) is 17.3 Å². The summed E-state index contributed by atoms with van der Waals surface area (Å²) in [5.41, 5.74) is 0.279. The fraction of sp³-hybridized carbons (Fsp3) is 0.423. The van der Waals surface area contributed by atoms with Gasteiger partial charge in [0, 0.05) is 12.7 Å². The lowest BCUT2D eigenvalue weighted by Crippen LogP contribution is -2.40. The van der Waals surface area contributed by atoms with Crippen molar-refractivity contribution in [2.24, 2.45) is 5.41 Å². The first-order valence-electron chi connectivity index (χ1n) is 11.6. The van der Waals surface area contributed by atoms with Gasteiger partial charge < -0.3 is 10.4 Å². The van der Waals surface area contributed by atoms with Crippen LogP contribution >= 0.6 is 0 Å². The Morgan fingerprint density at radius 2 is 1.91 bits per heavy atom. The Labute approximate surface area is 202 Å². The van der Waals surface area contributed by atoms with Crippen molar-refractivity contribution in [3.63, 3.8) is 0 Å². The first kappa shape index (κ1) is 23.4. The van der Waals surface area contributed by atoms with Gasteiger partial charge in [-0.2, -0.15) is 5.10 Å². The van der Waals surface area contributed by atoms with E-state index in [0.29, 0.717) is 11.4 Å². The standard InChI is InChI=1S/C26H27F2N5O2/c1-24(2,35)13-30-23(34)19-11-29-12-20(31-19)26-9-8-15(25(26,3)4)14-10-18(32-33-22(14)26)21-16(27)6-5-7-17(21)28/h5-7,10-12,15,35H,8-9,13H2,1-4H3,(H,30,34)/t15-,26-/m0/s1. The molecule has 1 amide bonds. The van der Waals surface area contributed by atoms with Gasteiger partial charge in [0.25, 0.3) is 5.91 Å². The van der Waals surface area contributed by atoms with Gasteiger partial charge in [-0.3, -0.25) is 9.78 Å². The first-order valence-corrected chi connectivity index (χ1v) is 11.6. The maximum absolute atomic E-state index is 14.4. The van der Waals surface area contributed by atoms with Gasteiger partial charge in [0.2, 0.25) is 0 Å². The minimum atomic E-state index is -1.06. The van der Waals surface area contributed by atoms with Crippen molar-refractivity contribution in [1.82, 2.24) is 25.5 Å². The first-order chi connectivity index (χ1) is 16.5. The Bertz CT molecular complexity index is 1320. The van der Waals surface area contributed by atoms with E-state index in [0.717, 1.165) is 18.4 Å². The predicted octanol–water partition coefficient (Wildman–Crippen LogP) is 3.92. The third-order valence-electron chi connectivity index (χ3n) is 7.59. The molecule has 3 aromatic rings. The van der Waals surface area contributed by atoms with Gasteiger partial charge in [-0.05, 0) is 61.8 Å². The molecule has 5 rings (SSSR count). The van der Waals surface area contributed by atoms with E-state index in [-0.39, 0.29) is 34.8 Å². The average molecular weight is 480 g/mol. The molecule has 1 fully saturated rings. The van der Waals surface area contributed by atoms with Gasteiger partial charge in [0.15, 0.2) is 0 Å². The van der Waals surface area contributed by atoms with Crippen LogP contribution in [0.1, 0.15) is 73.9 Å². The molecular formula is C26H27F2N5O2. The summed E-state index contributed by atoms with van der Waals surface area (Å²) in [6.45, 7) is 7.52. The number of hydrogen-bond donors (Lipinski definition) is 2. The maximum atomic E-state index is 14.4. The van der Waals surface area contributed by atoms with Crippen LogP contribution in [0.3, 0.4) is 0 Å². The molecule has 2 aliphatic carbocycles. The summed E-state index contributed by atoms with van der Waals surface area (Å²) in [7, 11) is 0. The number of carbonyl (C=O) groups is 1. The highest BCUT2D eigenvalue weighted by Crippen LogP contribution is 2.69. The molecule has 182 valence electrons. The zero-order chi connectivity index (χ0) is 25.2. The van der Waals surface area contributed by atoms with E-state index in [9.17, 15) is 18.7 Å². The zero-order valence-electron chi connectivity index (χ0n) is 20.1. The minimum absolute atomic E-state index is 0.0696. The van der Waals surface area contributed by atoms with Gasteiger partial charge in [-0.15, -0.1) is 5.10 Å². The number of rotatable bonds is 5. The van der Waals surface area contributed by atoms with Gasteiger partial charge in [-0.1, -0.05) is 19.9 Å². The lowest BCUT2D eigenvalue weighted by molar-refractivity contribution is 0.0691. The Kier molecular flexibility index (Phi) is 5.25. The second-order valence-corrected chi connectivity index (χ2v) is 10.6. The minimum Gasteiger partial charge on any atom is -0.389 e. The maximum Gasteiger partial charge on any atom is 0.271 e. The van der Waals surface area contributed by atoms with Crippen LogP contribution in [0.2, 0.25) is 0 Å². The molecule has 1 saturated carbocycles. The molecule has 0 radical (unpaired) electrons. The number of nitrogens with one attached hydrogen (secondary N) is 1. The van der Waals surface area contributed by atoms with E-state index in [1.54, 1.807) is 26.1 Å². The van der Waals surface area contributed by atoms with Crippen LogP contribution in [0.15, 0.2) is 36.7 Å². The third kappa shape index (κ3) is 3.52. The summed E-state index contributed by atoms with van der Waals surface area (Å²) in [6.07, 6.45) is 4.62. The Morgan fingerprint density at radius 1 is 1.20 bits per heavy atom. The summed E-state index contributed by atoms with van der Waals surface area (Å²) in [4.78, 5) is 21.7. The van der Waals surface area contributed by atoms with Gasteiger partial charge in [-0.25, -0.2) is 13.8 Å². The Hall–Kier alpha value is -3.33. The van der Waals surface area contributed by atoms with Crippen molar-refractivity contribution < 1.29 is 18.7 Å².